The van der Waals surface area contributed by atoms with E-state index in [1.54, 1.807) is 12.1 Å². The van der Waals surface area contributed by atoms with Gasteiger partial charge in [0.25, 0.3) is 0 Å². The Morgan fingerprint density at radius 3 is 2.58 bits per heavy atom. The predicted molar refractivity (Wildman–Crippen MR) is 107 cm³/mol. The van der Waals surface area contributed by atoms with E-state index in [1.807, 2.05) is 36.4 Å². The summed E-state index contributed by atoms with van der Waals surface area (Å²) in [6.45, 7) is 2.01. The normalized spacial score (nSPS) is 17.8. The van der Waals surface area contributed by atoms with Gasteiger partial charge in [-0.05, 0) is 23.3 Å². The molecule has 2 aromatic carbocycles. The lowest BCUT2D eigenvalue weighted by molar-refractivity contribution is -0.122. The lowest BCUT2D eigenvalue weighted by Crippen LogP contribution is -2.44. The van der Waals surface area contributed by atoms with Crippen molar-refractivity contribution in [2.24, 2.45) is 0 Å². The largest absolute Gasteiger partial charge is 0.378 e. The minimum atomic E-state index is -0.284. The van der Waals surface area contributed by atoms with Crippen molar-refractivity contribution in [2.75, 3.05) is 19.8 Å². The molecule has 1 heterocycles. The van der Waals surface area contributed by atoms with Crippen molar-refractivity contribution >= 4 is 41.5 Å². The summed E-state index contributed by atoms with van der Waals surface area (Å²) in [5.41, 5.74) is 1.88. The zero-order chi connectivity index (χ0) is 17.6. The lowest BCUT2D eigenvalue weighted by Gasteiger charge is -2.25. The van der Waals surface area contributed by atoms with Gasteiger partial charge in [-0.3, -0.25) is 4.79 Å². The second-order valence-electron chi connectivity index (χ2n) is 6.01. The number of amides is 1. The van der Waals surface area contributed by atoms with Gasteiger partial charge in [0, 0.05) is 19.0 Å². The van der Waals surface area contributed by atoms with Crippen LogP contribution in [0.2, 0.25) is 10.0 Å². The van der Waals surface area contributed by atoms with Crippen LogP contribution in [0.5, 0.6) is 0 Å². The summed E-state index contributed by atoms with van der Waals surface area (Å²) < 4.78 is 5.41. The van der Waals surface area contributed by atoms with Crippen molar-refractivity contribution in [3.63, 3.8) is 0 Å². The maximum atomic E-state index is 12.6. The van der Waals surface area contributed by atoms with E-state index in [0.29, 0.717) is 29.7 Å². The minimum Gasteiger partial charge on any atom is -0.378 e. The van der Waals surface area contributed by atoms with Crippen molar-refractivity contribution in [2.45, 2.75) is 18.5 Å². The van der Waals surface area contributed by atoms with E-state index in [0.717, 1.165) is 17.7 Å². The molecule has 2 N–H and O–H groups in total. The number of carbonyl (C=O) groups is 1. The van der Waals surface area contributed by atoms with Gasteiger partial charge in [0.2, 0.25) is 5.91 Å². The highest BCUT2D eigenvalue weighted by atomic mass is 35.5. The Bertz CT molecular complexity index is 722. The number of morpholine rings is 1. The molecule has 0 aliphatic carbocycles. The number of hydrogen-bond acceptors (Lipinski definition) is 3. The summed E-state index contributed by atoms with van der Waals surface area (Å²) in [7, 11) is 0. The van der Waals surface area contributed by atoms with Crippen molar-refractivity contribution in [3.05, 3.63) is 69.7 Å². The fraction of sp³-hybridized carbons (Fsp3) is 0.316. The standard InChI is InChI=1S/C19H20Cl2N2O2.ClH/c20-16-7-6-14(10-17(16)21)19(13-4-2-1-3-5-13)23-18(24)11-15-12-25-9-8-22-15;/h1-7,10,15,19,22H,8-9,11-12H2,(H,23,24);1H. The number of benzene rings is 2. The first kappa shape index (κ1) is 21.0. The van der Waals surface area contributed by atoms with Crippen LogP contribution >= 0.6 is 35.6 Å². The van der Waals surface area contributed by atoms with Gasteiger partial charge in [-0.1, -0.05) is 59.6 Å². The van der Waals surface area contributed by atoms with Crippen LogP contribution in [0, 0.1) is 0 Å². The van der Waals surface area contributed by atoms with Crippen LogP contribution in [0.25, 0.3) is 0 Å². The van der Waals surface area contributed by atoms with Crippen LogP contribution in [0.3, 0.4) is 0 Å². The van der Waals surface area contributed by atoms with Gasteiger partial charge >= 0.3 is 0 Å². The average Bonchev–Trinajstić information content (AvgIpc) is 2.64. The molecule has 0 bridgehead atoms. The molecule has 2 unspecified atom stereocenters. The van der Waals surface area contributed by atoms with Gasteiger partial charge in [-0.15, -0.1) is 12.4 Å². The number of nitrogens with one attached hydrogen (secondary N) is 2. The van der Waals surface area contributed by atoms with E-state index < -0.39 is 0 Å². The molecule has 7 heteroatoms. The lowest BCUT2D eigenvalue weighted by atomic mass is 9.98. The third kappa shape index (κ3) is 5.60. The third-order valence-corrected chi connectivity index (χ3v) is 4.88. The van der Waals surface area contributed by atoms with Crippen LogP contribution in [-0.4, -0.2) is 31.7 Å². The van der Waals surface area contributed by atoms with E-state index in [-0.39, 0.29) is 30.4 Å². The molecule has 0 radical (unpaired) electrons. The number of rotatable bonds is 5. The van der Waals surface area contributed by atoms with Gasteiger partial charge in [0.1, 0.15) is 0 Å². The first-order valence-electron chi connectivity index (χ1n) is 8.24. The van der Waals surface area contributed by atoms with Gasteiger partial charge in [-0.2, -0.15) is 0 Å². The molecular formula is C19H21Cl3N2O2. The van der Waals surface area contributed by atoms with Crippen LogP contribution in [0.15, 0.2) is 48.5 Å². The molecular weight excluding hydrogens is 395 g/mol. The molecule has 1 amide bonds. The smallest absolute Gasteiger partial charge is 0.222 e. The van der Waals surface area contributed by atoms with E-state index >= 15 is 0 Å². The van der Waals surface area contributed by atoms with Crippen molar-refractivity contribution in [3.8, 4) is 0 Å². The van der Waals surface area contributed by atoms with Crippen molar-refractivity contribution < 1.29 is 9.53 Å². The number of halogens is 3. The van der Waals surface area contributed by atoms with E-state index in [1.165, 1.54) is 0 Å². The minimum absolute atomic E-state index is 0. The molecule has 140 valence electrons. The summed E-state index contributed by atoms with van der Waals surface area (Å²) in [5.74, 6) is -0.0390. The predicted octanol–water partition coefficient (Wildman–Crippen LogP) is 4.00. The van der Waals surface area contributed by atoms with Crippen LogP contribution in [0.4, 0.5) is 0 Å². The highest BCUT2D eigenvalue weighted by Crippen LogP contribution is 2.29. The number of hydrogen-bond donors (Lipinski definition) is 2. The molecule has 0 spiro atoms. The van der Waals surface area contributed by atoms with Gasteiger partial charge in [0.05, 0.1) is 29.3 Å². The van der Waals surface area contributed by atoms with Crippen LogP contribution < -0.4 is 10.6 Å². The molecule has 1 fully saturated rings. The fourth-order valence-corrected chi connectivity index (χ4v) is 3.20. The van der Waals surface area contributed by atoms with Gasteiger partial charge in [-0.25, -0.2) is 0 Å². The zero-order valence-corrected chi connectivity index (χ0v) is 16.4. The quantitative estimate of drug-likeness (QED) is 0.776. The Hall–Kier alpha value is -1.30. The second kappa shape index (κ2) is 10.1. The molecule has 3 rings (SSSR count). The van der Waals surface area contributed by atoms with Crippen molar-refractivity contribution in [1.82, 2.24) is 10.6 Å². The highest BCUT2D eigenvalue weighted by molar-refractivity contribution is 6.42. The molecule has 4 nitrogen and oxygen atoms in total. The van der Waals surface area contributed by atoms with Crippen LogP contribution in [0.1, 0.15) is 23.6 Å². The Labute approximate surface area is 169 Å². The average molecular weight is 416 g/mol. The van der Waals surface area contributed by atoms with Crippen LogP contribution in [-0.2, 0) is 9.53 Å². The van der Waals surface area contributed by atoms with Crippen molar-refractivity contribution in [1.29, 1.82) is 0 Å². The first-order valence-corrected chi connectivity index (χ1v) is 8.99. The topological polar surface area (TPSA) is 50.4 Å². The zero-order valence-electron chi connectivity index (χ0n) is 14.1. The SMILES string of the molecule is Cl.O=C(CC1COCCN1)NC(c1ccccc1)c1ccc(Cl)c(Cl)c1. The monoisotopic (exact) mass is 414 g/mol. The number of carbonyl (C=O) groups excluding carboxylic acids is 1. The Balaban J connectivity index is 0.00000243. The third-order valence-electron chi connectivity index (χ3n) is 4.15. The summed E-state index contributed by atoms with van der Waals surface area (Å²) >= 11 is 12.2. The second-order valence-corrected chi connectivity index (χ2v) is 6.83. The molecule has 2 atom stereocenters. The number of ether oxygens (including phenoxy) is 1. The summed E-state index contributed by atoms with van der Waals surface area (Å²) in [5, 5.41) is 7.36. The van der Waals surface area contributed by atoms with E-state index in [2.05, 4.69) is 10.6 Å². The molecule has 1 saturated heterocycles. The Morgan fingerprint density at radius 2 is 1.92 bits per heavy atom. The van der Waals surface area contributed by atoms with E-state index in [9.17, 15) is 4.79 Å². The first-order chi connectivity index (χ1) is 12.1. The van der Waals surface area contributed by atoms with E-state index in [4.69, 9.17) is 27.9 Å². The van der Waals surface area contributed by atoms with Gasteiger partial charge in [0.15, 0.2) is 0 Å². The summed E-state index contributed by atoms with van der Waals surface area (Å²) in [6.07, 6.45) is 0.366. The summed E-state index contributed by atoms with van der Waals surface area (Å²) in [4.78, 5) is 12.6. The molecule has 0 saturated carbocycles. The molecule has 26 heavy (non-hydrogen) atoms. The summed E-state index contributed by atoms with van der Waals surface area (Å²) in [6, 6.07) is 15.0. The highest BCUT2D eigenvalue weighted by Gasteiger charge is 2.21. The fourth-order valence-electron chi connectivity index (χ4n) is 2.89. The molecule has 1 aliphatic rings. The molecule has 1 aliphatic heterocycles. The van der Waals surface area contributed by atoms with Gasteiger partial charge < -0.3 is 15.4 Å². The molecule has 0 aromatic heterocycles. The molecule has 2 aromatic rings. The Morgan fingerprint density at radius 1 is 1.15 bits per heavy atom. The maximum absolute atomic E-state index is 12.6. The maximum Gasteiger partial charge on any atom is 0.222 e. The Kier molecular flexibility index (Phi) is 8.19.